The van der Waals surface area contributed by atoms with E-state index in [0.29, 0.717) is 5.75 Å². The first-order valence-corrected chi connectivity index (χ1v) is 12.3. The number of sulfonamides is 1. The van der Waals surface area contributed by atoms with E-state index in [1.54, 1.807) is 12.1 Å². The number of esters is 1. The van der Waals surface area contributed by atoms with Crippen LogP contribution in [0.3, 0.4) is 0 Å². The summed E-state index contributed by atoms with van der Waals surface area (Å²) in [7, 11) is -4.60. The van der Waals surface area contributed by atoms with Crippen molar-refractivity contribution < 1.29 is 31.1 Å². The molecule has 0 atom stereocenters. The lowest BCUT2D eigenvalue weighted by Gasteiger charge is -2.31. The summed E-state index contributed by atoms with van der Waals surface area (Å²) >= 11 is 0. The molecule has 2 aromatic carbocycles. The highest BCUT2D eigenvalue weighted by Gasteiger charge is 2.35. The molecule has 0 saturated carbocycles. The SMILES string of the molecule is COC(=O)c1ccc(S(=O)(=O)N2CCC(S(=O)(=O)c3ccc(OC)cc3)CC2)cc1. The molecule has 3 rings (SSSR count). The number of piperidine rings is 1. The lowest BCUT2D eigenvalue weighted by molar-refractivity contribution is 0.0600. The lowest BCUT2D eigenvalue weighted by atomic mass is 10.2. The Bertz CT molecular complexity index is 1100. The Labute approximate surface area is 176 Å². The van der Waals surface area contributed by atoms with E-state index in [1.807, 2.05) is 0 Å². The molecule has 1 aliphatic heterocycles. The Morgan fingerprint density at radius 2 is 1.40 bits per heavy atom. The van der Waals surface area contributed by atoms with Crippen LogP contribution in [0.4, 0.5) is 0 Å². The van der Waals surface area contributed by atoms with Crippen LogP contribution in [0.15, 0.2) is 58.3 Å². The maximum Gasteiger partial charge on any atom is 0.337 e. The van der Waals surface area contributed by atoms with Crippen molar-refractivity contribution in [1.82, 2.24) is 4.31 Å². The highest BCUT2D eigenvalue weighted by Crippen LogP contribution is 2.28. The van der Waals surface area contributed by atoms with Crippen LogP contribution in [-0.4, -0.2) is 59.7 Å². The van der Waals surface area contributed by atoms with Gasteiger partial charge in [0.2, 0.25) is 10.0 Å². The molecule has 0 aliphatic carbocycles. The van der Waals surface area contributed by atoms with Gasteiger partial charge < -0.3 is 9.47 Å². The maximum absolute atomic E-state index is 12.9. The van der Waals surface area contributed by atoms with Crippen molar-refractivity contribution in [2.75, 3.05) is 27.3 Å². The summed E-state index contributed by atoms with van der Waals surface area (Å²) in [5.74, 6) is 0.0107. The molecule has 8 nitrogen and oxygen atoms in total. The average Bonchev–Trinajstić information content (AvgIpc) is 2.78. The van der Waals surface area contributed by atoms with Gasteiger partial charge in [0.15, 0.2) is 9.84 Å². The number of hydrogen-bond donors (Lipinski definition) is 0. The van der Waals surface area contributed by atoms with E-state index in [0.717, 1.165) is 0 Å². The van der Waals surface area contributed by atoms with Gasteiger partial charge in [-0.25, -0.2) is 21.6 Å². The van der Waals surface area contributed by atoms with Gasteiger partial charge in [0, 0.05) is 13.1 Å². The number of sulfone groups is 1. The van der Waals surface area contributed by atoms with Crippen LogP contribution in [0.25, 0.3) is 0 Å². The van der Waals surface area contributed by atoms with E-state index < -0.39 is 31.1 Å². The van der Waals surface area contributed by atoms with Gasteiger partial charge in [0.25, 0.3) is 0 Å². The third-order valence-electron chi connectivity index (χ3n) is 5.14. The molecule has 0 aromatic heterocycles. The van der Waals surface area contributed by atoms with Gasteiger partial charge >= 0.3 is 5.97 Å². The van der Waals surface area contributed by atoms with E-state index in [4.69, 9.17) is 4.74 Å². The molecule has 0 N–H and O–H groups in total. The third kappa shape index (κ3) is 4.35. The fourth-order valence-corrected chi connectivity index (χ4v) is 6.57. The second kappa shape index (κ2) is 8.75. The summed E-state index contributed by atoms with van der Waals surface area (Å²) in [5, 5.41) is -0.654. The summed E-state index contributed by atoms with van der Waals surface area (Å²) in [5.41, 5.74) is 0.251. The number of benzene rings is 2. The number of nitrogens with zero attached hydrogens (tertiary/aromatic N) is 1. The van der Waals surface area contributed by atoms with Crippen molar-refractivity contribution in [1.29, 1.82) is 0 Å². The van der Waals surface area contributed by atoms with E-state index in [9.17, 15) is 21.6 Å². The monoisotopic (exact) mass is 453 g/mol. The first-order chi connectivity index (χ1) is 14.2. The topological polar surface area (TPSA) is 107 Å². The van der Waals surface area contributed by atoms with Crippen LogP contribution in [0.5, 0.6) is 5.75 Å². The molecular formula is C20H23NO7S2. The first kappa shape index (κ1) is 22.3. The normalized spacial score (nSPS) is 16.2. The minimum atomic E-state index is -3.78. The quantitative estimate of drug-likeness (QED) is 0.617. The molecule has 10 heteroatoms. The molecule has 0 radical (unpaired) electrons. The highest BCUT2D eigenvalue weighted by molar-refractivity contribution is 7.92. The Balaban J connectivity index is 1.71. The number of carbonyl (C=O) groups is 1. The molecule has 30 heavy (non-hydrogen) atoms. The highest BCUT2D eigenvalue weighted by atomic mass is 32.2. The summed E-state index contributed by atoms with van der Waals surface area (Å²) in [6.07, 6.45) is 0.404. The van der Waals surface area contributed by atoms with Crippen LogP contribution < -0.4 is 4.74 Å². The molecule has 1 fully saturated rings. The predicted molar refractivity (Wildman–Crippen MR) is 110 cm³/mol. The zero-order valence-electron chi connectivity index (χ0n) is 16.6. The Morgan fingerprint density at radius 1 is 0.867 bits per heavy atom. The molecule has 0 spiro atoms. The van der Waals surface area contributed by atoms with Gasteiger partial charge in [0.1, 0.15) is 5.75 Å². The molecule has 0 bridgehead atoms. The van der Waals surface area contributed by atoms with E-state index in [2.05, 4.69) is 4.74 Å². The second-order valence-corrected chi connectivity index (χ2v) is 11.0. The van der Waals surface area contributed by atoms with Crippen LogP contribution >= 0.6 is 0 Å². The van der Waals surface area contributed by atoms with E-state index in [-0.39, 0.29) is 41.3 Å². The van der Waals surface area contributed by atoms with Crippen molar-refractivity contribution in [2.24, 2.45) is 0 Å². The van der Waals surface area contributed by atoms with Crippen molar-refractivity contribution in [3.05, 3.63) is 54.1 Å². The fourth-order valence-electron chi connectivity index (χ4n) is 3.37. The molecule has 1 aliphatic rings. The van der Waals surface area contributed by atoms with Gasteiger partial charge in [-0.05, 0) is 61.4 Å². The molecule has 2 aromatic rings. The van der Waals surface area contributed by atoms with Crippen molar-refractivity contribution in [3.8, 4) is 5.75 Å². The molecule has 0 amide bonds. The Kier molecular flexibility index (Phi) is 6.49. The van der Waals surface area contributed by atoms with Gasteiger partial charge in [-0.2, -0.15) is 4.31 Å². The van der Waals surface area contributed by atoms with Crippen LogP contribution in [-0.2, 0) is 24.6 Å². The summed E-state index contributed by atoms with van der Waals surface area (Å²) in [4.78, 5) is 11.8. The summed E-state index contributed by atoms with van der Waals surface area (Å²) in [6.45, 7) is 0.197. The standard InChI is InChI=1S/C20H23NO7S2/c1-27-16-5-9-17(10-6-16)29(23,24)18-11-13-21(14-12-18)30(25,26)19-7-3-15(4-8-19)20(22)28-2/h3-10,18H,11-14H2,1-2H3. The van der Waals surface area contributed by atoms with Crippen molar-refractivity contribution in [2.45, 2.75) is 27.9 Å². The summed E-state index contributed by atoms with van der Waals surface area (Å²) < 4.78 is 62.5. The molecule has 1 heterocycles. The van der Waals surface area contributed by atoms with Gasteiger partial charge in [0.05, 0.1) is 34.8 Å². The van der Waals surface area contributed by atoms with Gasteiger partial charge in [-0.15, -0.1) is 0 Å². The van der Waals surface area contributed by atoms with Crippen molar-refractivity contribution >= 4 is 25.8 Å². The van der Waals surface area contributed by atoms with Crippen LogP contribution in [0.2, 0.25) is 0 Å². The third-order valence-corrected chi connectivity index (χ3v) is 9.33. The number of methoxy groups -OCH3 is 2. The molecule has 162 valence electrons. The molecular weight excluding hydrogens is 430 g/mol. The van der Waals surface area contributed by atoms with Gasteiger partial charge in [-0.1, -0.05) is 0 Å². The zero-order valence-corrected chi connectivity index (χ0v) is 18.3. The zero-order chi connectivity index (χ0) is 21.9. The largest absolute Gasteiger partial charge is 0.497 e. The van der Waals surface area contributed by atoms with Crippen LogP contribution in [0, 0.1) is 0 Å². The van der Waals surface area contributed by atoms with Crippen molar-refractivity contribution in [3.63, 3.8) is 0 Å². The maximum atomic E-state index is 12.9. The Hall–Kier alpha value is -2.43. The van der Waals surface area contributed by atoms with Crippen LogP contribution in [0.1, 0.15) is 23.2 Å². The first-order valence-electron chi connectivity index (χ1n) is 9.26. The predicted octanol–water partition coefficient (Wildman–Crippen LogP) is 2.11. The summed E-state index contributed by atoms with van der Waals surface area (Å²) in [6, 6.07) is 11.7. The number of hydrogen-bond acceptors (Lipinski definition) is 7. The van der Waals surface area contributed by atoms with E-state index in [1.165, 1.54) is 54.9 Å². The smallest absolute Gasteiger partial charge is 0.337 e. The van der Waals surface area contributed by atoms with E-state index >= 15 is 0 Å². The minimum absolute atomic E-state index is 0.0478. The lowest BCUT2D eigenvalue weighted by Crippen LogP contribution is -2.42. The Morgan fingerprint density at radius 3 is 1.90 bits per heavy atom. The fraction of sp³-hybridized carbons (Fsp3) is 0.350. The average molecular weight is 454 g/mol. The molecule has 1 saturated heterocycles. The number of rotatable bonds is 6. The molecule has 0 unspecified atom stereocenters. The van der Waals surface area contributed by atoms with Gasteiger partial charge in [-0.3, -0.25) is 0 Å². The second-order valence-electron chi connectivity index (χ2n) is 6.84. The number of carbonyl (C=O) groups excluding carboxylic acids is 1. The number of ether oxygens (including phenoxy) is 2. The minimum Gasteiger partial charge on any atom is -0.497 e.